The lowest BCUT2D eigenvalue weighted by molar-refractivity contribution is -0.0391. The predicted octanol–water partition coefficient (Wildman–Crippen LogP) is 7.89. The Morgan fingerprint density at radius 2 is 1.45 bits per heavy atom. The quantitative estimate of drug-likeness (QED) is 0.271. The highest BCUT2D eigenvalue weighted by molar-refractivity contribution is 7.20. The van der Waals surface area contributed by atoms with Crippen molar-refractivity contribution in [3.8, 4) is 9.88 Å². The van der Waals surface area contributed by atoms with Crippen molar-refractivity contribution in [2.45, 2.75) is 101 Å². The second-order valence-corrected chi connectivity index (χ2v) is 17.6. The summed E-state index contributed by atoms with van der Waals surface area (Å²) in [5, 5.41) is 13.9. The zero-order chi connectivity index (χ0) is 26.5. The van der Waals surface area contributed by atoms with E-state index in [-0.39, 0.29) is 5.54 Å². The van der Waals surface area contributed by atoms with Crippen LogP contribution in [0.25, 0.3) is 9.88 Å². The third kappa shape index (κ3) is 4.38. The Bertz CT molecular complexity index is 1360. The first kappa shape index (κ1) is 25.6. The highest BCUT2D eigenvalue weighted by Crippen LogP contribution is 2.62. The van der Waals surface area contributed by atoms with Crippen LogP contribution in [0.15, 0.2) is 16.8 Å². The van der Waals surface area contributed by atoms with E-state index in [0.717, 1.165) is 54.4 Å². The van der Waals surface area contributed by atoms with Gasteiger partial charge in [-0.2, -0.15) is 4.37 Å². The molecule has 0 radical (unpaired) electrons. The highest BCUT2D eigenvalue weighted by atomic mass is 35.5. The van der Waals surface area contributed by atoms with Gasteiger partial charge in [0.25, 0.3) is 0 Å². The maximum atomic E-state index is 6.05. The Balaban J connectivity index is 0.907. The molecule has 0 spiro atoms. The molecule has 9 heteroatoms. The number of thiazole rings is 1. The number of hydrogen-bond acceptors (Lipinski definition) is 8. The van der Waals surface area contributed by atoms with E-state index in [4.69, 9.17) is 16.6 Å². The summed E-state index contributed by atoms with van der Waals surface area (Å²) in [6.45, 7) is 1.68. The van der Waals surface area contributed by atoms with Crippen LogP contribution in [0.1, 0.15) is 93.6 Å². The second kappa shape index (κ2) is 9.55. The van der Waals surface area contributed by atoms with E-state index < -0.39 is 0 Å². The van der Waals surface area contributed by atoms with Crippen LogP contribution < -0.4 is 10.6 Å². The van der Waals surface area contributed by atoms with Gasteiger partial charge >= 0.3 is 0 Å². The van der Waals surface area contributed by atoms with Crippen molar-refractivity contribution < 1.29 is 0 Å². The van der Waals surface area contributed by atoms with E-state index in [1.165, 1.54) is 97.7 Å². The molecule has 8 saturated carbocycles. The van der Waals surface area contributed by atoms with Gasteiger partial charge in [0, 0.05) is 23.0 Å². The van der Waals surface area contributed by atoms with E-state index in [2.05, 4.69) is 36.8 Å². The summed E-state index contributed by atoms with van der Waals surface area (Å²) in [5.41, 5.74) is 3.49. The molecular weight excluding hydrogens is 574 g/mol. The maximum Gasteiger partial charge on any atom is 0.203 e. The van der Waals surface area contributed by atoms with Gasteiger partial charge in [0.2, 0.25) is 4.47 Å². The molecule has 0 aromatic carbocycles. The standard InChI is InChI=1S/C31H38ClN5S3/c32-29-36-25(37-40-29)15-34-31-11-20-6-21(12-31)26(22(7-20)13-31)24-1-2-38-27(24)28-35-23(16-39-28)14-33-30-8-17-3-18(9-30)5-19(4-17)10-30/h1-2,16-22,26,33-34H,3-15H2. The monoisotopic (exact) mass is 611 g/mol. The summed E-state index contributed by atoms with van der Waals surface area (Å²) in [6.07, 6.45) is 15.4. The van der Waals surface area contributed by atoms with Crippen molar-refractivity contribution in [2.75, 3.05) is 0 Å². The highest BCUT2D eigenvalue weighted by Gasteiger charge is 2.56. The van der Waals surface area contributed by atoms with Gasteiger partial charge < -0.3 is 10.6 Å². The molecule has 2 atom stereocenters. The van der Waals surface area contributed by atoms with Crippen molar-refractivity contribution in [1.82, 2.24) is 25.0 Å². The van der Waals surface area contributed by atoms with Crippen LogP contribution in [0.2, 0.25) is 4.47 Å². The van der Waals surface area contributed by atoms with Crippen molar-refractivity contribution in [2.24, 2.45) is 35.5 Å². The lowest BCUT2D eigenvalue weighted by Crippen LogP contribution is -2.60. The minimum Gasteiger partial charge on any atom is -0.306 e. The van der Waals surface area contributed by atoms with E-state index in [0.29, 0.717) is 15.9 Å². The van der Waals surface area contributed by atoms with Crippen LogP contribution in [-0.2, 0) is 13.1 Å². The molecule has 0 amide bonds. The number of nitrogens with one attached hydrogen (secondary N) is 2. The predicted molar refractivity (Wildman–Crippen MR) is 164 cm³/mol. The average Bonchev–Trinajstić information content (AvgIpc) is 3.66. The fourth-order valence-corrected chi connectivity index (χ4v) is 13.7. The molecule has 8 aliphatic rings. The zero-order valence-corrected chi connectivity index (χ0v) is 26.1. The number of thiophene rings is 1. The molecule has 8 fully saturated rings. The topological polar surface area (TPSA) is 62.7 Å². The minimum absolute atomic E-state index is 0.248. The Morgan fingerprint density at radius 3 is 2.12 bits per heavy atom. The molecule has 3 aromatic rings. The van der Waals surface area contributed by atoms with Gasteiger partial charge in [-0.25, -0.2) is 9.97 Å². The average molecular weight is 612 g/mol. The molecule has 2 unspecified atom stereocenters. The number of halogens is 1. The summed E-state index contributed by atoms with van der Waals surface area (Å²) in [6, 6.07) is 2.45. The Labute approximate surface area is 254 Å². The summed E-state index contributed by atoms with van der Waals surface area (Å²) in [4.78, 5) is 11.1. The van der Waals surface area contributed by atoms with Gasteiger partial charge in [0.05, 0.1) is 17.1 Å². The number of hydrogen-bond donors (Lipinski definition) is 2. The van der Waals surface area contributed by atoms with Gasteiger partial charge in [-0.05, 0) is 152 Å². The molecule has 2 N–H and O–H groups in total. The molecular formula is C31H38ClN5S3. The molecule has 8 aliphatic carbocycles. The van der Waals surface area contributed by atoms with Crippen LogP contribution >= 0.6 is 45.8 Å². The molecule has 3 heterocycles. The lowest BCUT2D eigenvalue weighted by Gasteiger charge is -2.60. The smallest absolute Gasteiger partial charge is 0.203 e. The van der Waals surface area contributed by atoms with Crippen LogP contribution in [0.4, 0.5) is 0 Å². The third-order valence-electron chi connectivity index (χ3n) is 11.8. The molecule has 0 saturated heterocycles. The number of nitrogens with zero attached hydrogens (tertiary/aromatic N) is 3. The first-order chi connectivity index (χ1) is 19.5. The molecule has 5 nitrogen and oxygen atoms in total. The minimum atomic E-state index is 0.248. The van der Waals surface area contributed by atoms with Crippen LogP contribution in [0, 0.1) is 35.5 Å². The van der Waals surface area contributed by atoms with Gasteiger partial charge in [0.1, 0.15) is 5.01 Å². The van der Waals surface area contributed by atoms with Gasteiger partial charge in [-0.15, -0.1) is 22.7 Å². The first-order valence-electron chi connectivity index (χ1n) is 15.5. The number of aromatic nitrogens is 3. The van der Waals surface area contributed by atoms with Gasteiger partial charge in [0.15, 0.2) is 5.82 Å². The van der Waals surface area contributed by atoms with Gasteiger partial charge in [-0.3, -0.25) is 0 Å². The van der Waals surface area contributed by atoms with Gasteiger partial charge in [-0.1, -0.05) is 0 Å². The van der Waals surface area contributed by atoms with E-state index in [9.17, 15) is 0 Å². The summed E-state index contributed by atoms with van der Waals surface area (Å²) in [7, 11) is 0. The molecule has 3 aromatic heterocycles. The first-order valence-corrected chi connectivity index (χ1v) is 18.4. The Hall–Kier alpha value is -0.900. The van der Waals surface area contributed by atoms with Crippen LogP contribution in [0.5, 0.6) is 0 Å². The van der Waals surface area contributed by atoms with Crippen molar-refractivity contribution in [3.05, 3.63) is 38.4 Å². The van der Waals surface area contributed by atoms with Crippen molar-refractivity contribution >= 4 is 45.8 Å². The molecule has 0 aliphatic heterocycles. The van der Waals surface area contributed by atoms with Crippen molar-refractivity contribution in [3.63, 3.8) is 0 Å². The molecule has 11 rings (SSSR count). The van der Waals surface area contributed by atoms with E-state index >= 15 is 0 Å². The fraction of sp³-hybridized carbons (Fsp3) is 0.710. The SMILES string of the molecule is Clc1nc(CNC23CC4CC(C2)C(c2ccsc2-c2nc(CNC56CC7CC(CC(C7)C5)C6)cs2)C(C4)C3)ns1. The second-order valence-electron chi connectivity index (χ2n) is 14.5. The fourth-order valence-electron chi connectivity index (χ4n) is 11.2. The normalized spacial score (nSPS) is 40.9. The Morgan fingerprint density at radius 1 is 0.800 bits per heavy atom. The van der Waals surface area contributed by atoms with Crippen LogP contribution in [-0.4, -0.2) is 25.4 Å². The largest absolute Gasteiger partial charge is 0.306 e. The lowest BCUT2D eigenvalue weighted by atomic mass is 9.48. The van der Waals surface area contributed by atoms with E-state index in [1.807, 2.05) is 22.7 Å². The third-order valence-corrected chi connectivity index (χ3v) is 14.6. The van der Waals surface area contributed by atoms with Crippen molar-refractivity contribution in [1.29, 1.82) is 0 Å². The zero-order valence-electron chi connectivity index (χ0n) is 22.9. The molecule has 8 bridgehead atoms. The maximum absolute atomic E-state index is 6.05. The molecule has 40 heavy (non-hydrogen) atoms. The summed E-state index contributed by atoms with van der Waals surface area (Å²) < 4.78 is 4.97. The molecule has 212 valence electrons. The Kier molecular flexibility index (Phi) is 6.11. The van der Waals surface area contributed by atoms with E-state index in [1.54, 1.807) is 5.56 Å². The summed E-state index contributed by atoms with van der Waals surface area (Å²) >= 11 is 11.1. The summed E-state index contributed by atoms with van der Waals surface area (Å²) in [5.74, 6) is 6.85. The van der Waals surface area contributed by atoms with Crippen LogP contribution in [0.3, 0.4) is 0 Å². The number of rotatable bonds is 8.